The van der Waals surface area contributed by atoms with E-state index in [0.717, 1.165) is 65.4 Å². The number of alkyl halides is 6. The molecular weight excluding hydrogens is 1010 g/mol. The Labute approximate surface area is 438 Å². The van der Waals surface area contributed by atoms with Gasteiger partial charge in [0, 0.05) is 36.6 Å². The lowest BCUT2D eigenvalue weighted by atomic mass is 9.94. The molecule has 4 aromatic carbocycles. The summed E-state index contributed by atoms with van der Waals surface area (Å²) in [5, 5.41) is 15.4. The third-order valence-corrected chi connectivity index (χ3v) is 18.6. The number of methoxy groups -OCH3 is 2. The summed E-state index contributed by atoms with van der Waals surface area (Å²) in [6.45, 7) is 10.1. The molecule has 0 saturated carbocycles. The summed E-state index contributed by atoms with van der Waals surface area (Å²) < 4.78 is 111. The first kappa shape index (κ1) is 54.7. The summed E-state index contributed by atoms with van der Waals surface area (Å²) in [5.74, 6) is 13.8. The molecule has 5 atom stereocenters. The number of thiophene rings is 2. The summed E-state index contributed by atoms with van der Waals surface area (Å²) in [4.78, 5) is 5.32. The van der Waals surface area contributed by atoms with Crippen LogP contribution in [0.3, 0.4) is 0 Å². The van der Waals surface area contributed by atoms with Gasteiger partial charge in [-0.2, -0.15) is 26.3 Å². The van der Waals surface area contributed by atoms with E-state index in [1.54, 1.807) is 61.3 Å². The summed E-state index contributed by atoms with van der Waals surface area (Å²) in [6, 6.07) is 22.0. The number of fused-ring (bicyclic) bond motifs is 2. The number of halogens is 6. The Bertz CT molecular complexity index is 3150. The average molecular weight is 1080 g/mol. The zero-order valence-electron chi connectivity index (χ0n) is 42.7. The summed E-state index contributed by atoms with van der Waals surface area (Å²) >= 11 is 2.56. The maximum absolute atomic E-state index is 14.4. The van der Waals surface area contributed by atoms with Gasteiger partial charge in [0.25, 0.3) is 0 Å². The van der Waals surface area contributed by atoms with E-state index in [9.17, 15) is 30.9 Å². The first-order valence-electron chi connectivity index (χ1n) is 24.7. The Balaban J connectivity index is 0.924. The Morgan fingerprint density at radius 1 is 0.662 bits per heavy atom. The molecule has 0 bridgehead atoms. The van der Waals surface area contributed by atoms with Gasteiger partial charge in [-0.05, 0) is 128 Å². The molecule has 18 heteroatoms. The van der Waals surface area contributed by atoms with Gasteiger partial charge >= 0.3 is 12.4 Å². The minimum absolute atomic E-state index is 0.115. The van der Waals surface area contributed by atoms with Crippen LogP contribution in [0.15, 0.2) is 72.8 Å². The molecule has 2 aliphatic rings. The molecule has 74 heavy (non-hydrogen) atoms. The number of hydrogen-bond donors (Lipinski definition) is 4. The van der Waals surface area contributed by atoms with E-state index >= 15 is 0 Å². The number of rotatable bonds is 15. The second kappa shape index (κ2) is 23.1. The molecule has 6 aromatic rings. The fourth-order valence-corrected chi connectivity index (χ4v) is 14.3. The van der Waals surface area contributed by atoms with Gasteiger partial charge in [-0.3, -0.25) is 0 Å². The van der Waals surface area contributed by atoms with Crippen LogP contribution in [-0.4, -0.2) is 108 Å². The van der Waals surface area contributed by atoms with Crippen molar-refractivity contribution in [3.05, 3.63) is 99.2 Å². The molecule has 2 saturated heterocycles. The predicted molar refractivity (Wildman–Crippen MR) is 294 cm³/mol. The normalized spacial score (nSPS) is 19.5. The van der Waals surface area contributed by atoms with Crippen LogP contribution in [0.5, 0.6) is 11.5 Å². The van der Waals surface area contributed by atoms with Crippen LogP contribution >= 0.6 is 29.8 Å². The van der Waals surface area contributed by atoms with Crippen LogP contribution in [0.4, 0.5) is 49.1 Å². The highest BCUT2D eigenvalue weighted by atomic mass is 32.1. The van der Waals surface area contributed by atoms with Crippen molar-refractivity contribution in [3.63, 3.8) is 0 Å². The molecule has 8 rings (SSSR count). The van der Waals surface area contributed by atoms with E-state index in [0.29, 0.717) is 60.5 Å². The Morgan fingerprint density at radius 3 is 1.57 bits per heavy atom. The van der Waals surface area contributed by atoms with Crippen molar-refractivity contribution < 1.29 is 40.4 Å². The average Bonchev–Trinajstić information content (AvgIpc) is 3.87. The summed E-state index contributed by atoms with van der Waals surface area (Å²) in [6.07, 6.45) is -8.91. The van der Waals surface area contributed by atoms with Crippen LogP contribution < -0.4 is 36.0 Å². The number of nitrogens with one attached hydrogen (secondary N) is 4. The lowest BCUT2D eigenvalue weighted by molar-refractivity contribution is -0.127. The number of likely N-dealkylation sites (tertiary alicyclic amines) is 2. The lowest BCUT2D eigenvalue weighted by Crippen LogP contribution is -2.43. The van der Waals surface area contributed by atoms with Gasteiger partial charge in [-0.15, -0.1) is 22.7 Å². The van der Waals surface area contributed by atoms with Gasteiger partial charge in [-0.25, -0.2) is 0 Å². The molecule has 394 valence electrons. The van der Waals surface area contributed by atoms with Crippen molar-refractivity contribution in [2.75, 3.05) is 95.5 Å². The third kappa shape index (κ3) is 13.5. The van der Waals surface area contributed by atoms with Crippen LogP contribution in [0.25, 0.3) is 20.2 Å². The molecule has 2 aliphatic heterocycles. The lowest BCUT2D eigenvalue weighted by Gasteiger charge is -2.35. The highest BCUT2D eigenvalue weighted by Crippen LogP contribution is 2.47. The number of benzene rings is 4. The quantitative estimate of drug-likeness (QED) is 0.0456. The molecule has 0 amide bonds. The van der Waals surface area contributed by atoms with Crippen molar-refractivity contribution in [2.45, 2.75) is 70.1 Å². The molecule has 2 fully saturated rings. The van der Waals surface area contributed by atoms with Crippen molar-refractivity contribution in [2.24, 2.45) is 11.8 Å². The predicted octanol–water partition coefficient (Wildman–Crippen LogP) is 12.6. The molecule has 0 aliphatic carbocycles. The third-order valence-electron chi connectivity index (χ3n) is 13.9. The van der Waals surface area contributed by atoms with E-state index in [2.05, 4.69) is 82.7 Å². The maximum atomic E-state index is 14.4. The molecule has 1 unspecified atom stereocenters. The monoisotopic (exact) mass is 1080 g/mol. The zero-order valence-corrected chi connectivity index (χ0v) is 45.2. The van der Waals surface area contributed by atoms with Crippen LogP contribution in [0, 0.1) is 35.5 Å². The van der Waals surface area contributed by atoms with Crippen molar-refractivity contribution in [3.8, 4) is 35.2 Å². The van der Waals surface area contributed by atoms with Crippen molar-refractivity contribution >= 4 is 78.0 Å². The largest absolute Gasteiger partial charge is 0.495 e. The zero-order chi connectivity index (χ0) is 53.0. The van der Waals surface area contributed by atoms with Gasteiger partial charge in [0.15, 0.2) is 0 Å². The van der Waals surface area contributed by atoms with Crippen molar-refractivity contribution in [1.29, 1.82) is 0 Å². The van der Waals surface area contributed by atoms with Crippen LogP contribution in [0.2, 0.25) is 0 Å². The molecule has 0 radical (unpaired) electrons. The van der Waals surface area contributed by atoms with E-state index < -0.39 is 32.3 Å². The standard InChI is InChI=1S/C56H63F6N6O3PS2/c1-35-32-67(3)26-22-43(35)65-47-14-8-12-39-41(30-55(57,58)59)51(73-53(39)47)16-10-24-63-45-20-18-37(28-49(45)70-5)34-72(7,69)38-19-21-46(50(29-38)71-6)64-25-11-17-52-42(31-56(60,61)62)40-13-9-15-48(54(40)74-52)66-44-23-27-68(4)33-36(44)2/h8-9,12-15,18-21,28-29,35-36,43-44,63-66H,22-27,30-34H2,1-7H3/t35-,36-,43+,44+,72?/m0/s1. The smallest absolute Gasteiger partial charge is 0.393 e. The van der Waals surface area contributed by atoms with Gasteiger partial charge in [0.05, 0.1) is 82.1 Å². The van der Waals surface area contributed by atoms with Crippen LogP contribution in [-0.2, 0) is 23.6 Å². The minimum Gasteiger partial charge on any atom is -0.495 e. The first-order valence-corrected chi connectivity index (χ1v) is 28.7. The van der Waals surface area contributed by atoms with Crippen molar-refractivity contribution in [1.82, 2.24) is 9.80 Å². The van der Waals surface area contributed by atoms with E-state index in [-0.39, 0.29) is 42.5 Å². The van der Waals surface area contributed by atoms with Gasteiger partial charge in [0.1, 0.15) is 18.6 Å². The number of anilines is 4. The Kier molecular flexibility index (Phi) is 17.1. The van der Waals surface area contributed by atoms with Gasteiger partial charge in [0.2, 0.25) is 0 Å². The fraction of sp³-hybridized carbons (Fsp3) is 0.429. The van der Waals surface area contributed by atoms with Gasteiger partial charge in [-0.1, -0.05) is 67.9 Å². The molecule has 2 aromatic heterocycles. The van der Waals surface area contributed by atoms with Crippen LogP contribution in [0.1, 0.15) is 53.1 Å². The highest BCUT2D eigenvalue weighted by Gasteiger charge is 2.34. The number of hydrogen-bond acceptors (Lipinski definition) is 11. The number of ether oxygens (including phenoxy) is 2. The SMILES string of the molecule is COc1cc(CP(C)(=O)c2ccc(NCC#Cc3sc4c(N[C@@H]5CCN(C)C[C@@H]5C)cccc4c3CC(F)(F)F)c(OC)c2)ccc1NCC#Cc1sc2c(N[C@@H]3CCN(C)C[C@@H]3C)cccc2c1CC(F)(F)F. The topological polar surface area (TPSA) is 90.1 Å². The summed E-state index contributed by atoms with van der Waals surface area (Å²) in [5.41, 5.74) is 3.95. The van der Waals surface area contributed by atoms with Gasteiger partial charge < -0.3 is 45.1 Å². The second-order valence-corrected chi connectivity index (χ2v) is 24.9. The molecule has 0 spiro atoms. The first-order chi connectivity index (χ1) is 35.2. The Hall–Kier alpha value is -5.55. The minimum atomic E-state index is -4.42. The fourth-order valence-electron chi connectivity index (χ4n) is 10.1. The highest BCUT2D eigenvalue weighted by molar-refractivity contribution is 7.70. The van der Waals surface area contributed by atoms with E-state index in [4.69, 9.17) is 9.47 Å². The second-order valence-electron chi connectivity index (χ2n) is 19.8. The molecule has 4 N–H and O–H groups in total. The molecule has 9 nitrogen and oxygen atoms in total. The number of nitrogens with zero attached hydrogens (tertiary/aromatic N) is 2. The molecule has 4 heterocycles. The maximum Gasteiger partial charge on any atom is 0.393 e. The summed E-state index contributed by atoms with van der Waals surface area (Å²) in [7, 11) is 4.19. The number of piperidine rings is 2. The molecular formula is C56H63F6N6O3PS2. The van der Waals surface area contributed by atoms with E-state index in [1.807, 2.05) is 18.2 Å². The van der Waals surface area contributed by atoms with E-state index in [1.165, 1.54) is 36.9 Å². The Morgan fingerprint density at radius 2 is 1.12 bits per heavy atom.